The van der Waals surface area contributed by atoms with Crippen LogP contribution in [0.5, 0.6) is 5.75 Å². The molecule has 1 aromatic rings. The number of nitro benzene ring substituents is 1. The molecular weight excluding hydrogens is 449 g/mol. The molecule has 0 spiro atoms. The van der Waals surface area contributed by atoms with E-state index in [4.69, 9.17) is 26.2 Å². The molecule has 13 heteroatoms. The second kappa shape index (κ2) is 9.79. The Balaban J connectivity index is 2.45. The van der Waals surface area contributed by atoms with E-state index in [-0.39, 0.29) is 23.6 Å². The number of allylic oxidation sites excluding steroid dienone is 2. The Bertz CT molecular complexity index is 933. The zero-order valence-electron chi connectivity index (χ0n) is 15.8. The van der Waals surface area contributed by atoms with Crippen LogP contribution in [0.15, 0.2) is 47.7 Å². The fraction of sp³-hybridized carbons (Fsp3) is 0.333. The average molecular weight is 465 g/mol. The van der Waals surface area contributed by atoms with E-state index in [0.29, 0.717) is 0 Å². The van der Waals surface area contributed by atoms with Crippen molar-refractivity contribution in [3.63, 3.8) is 0 Å². The van der Waals surface area contributed by atoms with Crippen LogP contribution in [0.4, 0.5) is 18.9 Å². The summed E-state index contributed by atoms with van der Waals surface area (Å²) < 4.78 is 50.7. The lowest BCUT2D eigenvalue weighted by Gasteiger charge is -2.34. The minimum absolute atomic E-state index is 0.173. The van der Waals surface area contributed by atoms with E-state index in [0.717, 1.165) is 36.4 Å². The van der Waals surface area contributed by atoms with Gasteiger partial charge in [-0.3, -0.25) is 10.1 Å². The number of hydrogen-bond acceptors (Lipinski definition) is 7. The van der Waals surface area contributed by atoms with Gasteiger partial charge in [0.2, 0.25) is 6.61 Å². The first kappa shape index (κ1) is 24.2. The Morgan fingerprint density at radius 3 is 2.65 bits per heavy atom. The zero-order chi connectivity index (χ0) is 23.2. The normalized spacial score (nSPS) is 21.1. The lowest BCUT2D eigenvalue weighted by atomic mass is 9.95. The third kappa shape index (κ3) is 5.73. The van der Waals surface area contributed by atoms with E-state index in [1.807, 2.05) is 0 Å². The van der Waals surface area contributed by atoms with Gasteiger partial charge in [-0.1, -0.05) is 23.4 Å². The summed E-state index contributed by atoms with van der Waals surface area (Å²) in [5.41, 5.74) is -0.848. The third-order valence-electron chi connectivity index (χ3n) is 3.97. The number of halogens is 4. The first-order chi connectivity index (χ1) is 14.5. The number of carboxylic acids is 1. The van der Waals surface area contributed by atoms with Crippen molar-refractivity contribution in [1.82, 2.24) is 0 Å². The number of carboxylic acid groups (broad SMARTS) is 1. The molecule has 0 radical (unpaired) electrons. The van der Waals surface area contributed by atoms with Gasteiger partial charge in [0.25, 0.3) is 5.69 Å². The van der Waals surface area contributed by atoms with Crippen molar-refractivity contribution in [2.45, 2.75) is 17.2 Å². The van der Waals surface area contributed by atoms with Crippen molar-refractivity contribution in [2.24, 2.45) is 5.16 Å². The molecule has 0 bridgehead atoms. The number of carbonyl (C=O) groups is 1. The molecule has 0 aliphatic heterocycles. The maximum atomic E-state index is 13.5. The van der Waals surface area contributed by atoms with Gasteiger partial charge >= 0.3 is 12.1 Å². The lowest BCUT2D eigenvalue weighted by molar-refractivity contribution is -0.385. The molecule has 2 atom stereocenters. The van der Waals surface area contributed by atoms with E-state index in [9.17, 15) is 28.1 Å². The summed E-state index contributed by atoms with van der Waals surface area (Å²) in [5, 5.41) is 23.6. The van der Waals surface area contributed by atoms with Crippen LogP contribution in [0.25, 0.3) is 0 Å². The monoisotopic (exact) mass is 464 g/mol. The Kier molecular flexibility index (Phi) is 7.63. The molecule has 2 unspecified atom stereocenters. The minimum Gasteiger partial charge on any atom is -0.484 e. The van der Waals surface area contributed by atoms with Crippen molar-refractivity contribution in [2.75, 3.05) is 20.3 Å². The van der Waals surface area contributed by atoms with Crippen molar-refractivity contribution in [3.05, 3.63) is 58.2 Å². The molecule has 1 aromatic carbocycles. The molecule has 0 saturated heterocycles. The van der Waals surface area contributed by atoms with Crippen molar-refractivity contribution < 1.29 is 42.3 Å². The number of alkyl halides is 4. The fourth-order valence-electron chi connectivity index (χ4n) is 2.56. The standard InChI is InChI=1S/C18H16ClF3N2O7/c1-29-9-13(23-30-10-16(25)26)12-8-11(5-6-14(12)24(27)28)31-15-4-2-3-7-17(15,19)18(20,21)22/h2-8,15H,9-10H2,1H3,(H,25,26)/b23-13-. The van der Waals surface area contributed by atoms with E-state index >= 15 is 0 Å². The predicted molar refractivity (Wildman–Crippen MR) is 102 cm³/mol. The van der Waals surface area contributed by atoms with Crippen LogP contribution in [0.3, 0.4) is 0 Å². The molecule has 0 saturated carbocycles. The van der Waals surface area contributed by atoms with E-state index in [2.05, 4.69) is 9.99 Å². The summed E-state index contributed by atoms with van der Waals surface area (Å²) in [5.74, 6) is -1.52. The highest BCUT2D eigenvalue weighted by molar-refractivity contribution is 6.26. The number of ether oxygens (including phenoxy) is 2. The highest BCUT2D eigenvalue weighted by atomic mass is 35.5. The molecule has 1 aliphatic rings. The van der Waals surface area contributed by atoms with Crippen LogP contribution in [-0.4, -0.2) is 59.2 Å². The molecule has 9 nitrogen and oxygen atoms in total. The van der Waals surface area contributed by atoms with E-state index in [1.54, 1.807) is 0 Å². The van der Waals surface area contributed by atoms with Crippen LogP contribution in [-0.2, 0) is 14.4 Å². The van der Waals surface area contributed by atoms with Crippen LogP contribution >= 0.6 is 11.6 Å². The molecule has 168 valence electrons. The predicted octanol–water partition coefficient (Wildman–Crippen LogP) is 3.46. The molecule has 31 heavy (non-hydrogen) atoms. The summed E-state index contributed by atoms with van der Waals surface area (Å²) in [6.07, 6.45) is -2.23. The molecular formula is C18H16ClF3N2O7. The summed E-state index contributed by atoms with van der Waals surface area (Å²) in [7, 11) is 1.25. The number of methoxy groups -OCH3 is 1. The van der Waals surface area contributed by atoms with Gasteiger partial charge in [-0.15, -0.1) is 11.6 Å². The summed E-state index contributed by atoms with van der Waals surface area (Å²) in [6.45, 7) is -1.14. The second-order valence-electron chi connectivity index (χ2n) is 6.12. The molecule has 0 aromatic heterocycles. The van der Waals surface area contributed by atoms with Gasteiger partial charge in [0, 0.05) is 13.2 Å². The van der Waals surface area contributed by atoms with Crippen molar-refractivity contribution in [1.29, 1.82) is 0 Å². The maximum absolute atomic E-state index is 13.5. The number of benzene rings is 1. The highest BCUT2D eigenvalue weighted by Crippen LogP contribution is 2.43. The Morgan fingerprint density at radius 2 is 2.06 bits per heavy atom. The molecule has 1 aliphatic carbocycles. The molecule has 2 rings (SSSR count). The lowest BCUT2D eigenvalue weighted by Crippen LogP contribution is -2.50. The highest BCUT2D eigenvalue weighted by Gasteiger charge is 2.58. The first-order valence-electron chi connectivity index (χ1n) is 8.46. The molecule has 0 fully saturated rings. The summed E-state index contributed by atoms with van der Waals surface area (Å²) in [4.78, 5) is 23.0. The van der Waals surface area contributed by atoms with Gasteiger partial charge in [0.05, 0.1) is 17.1 Å². The van der Waals surface area contributed by atoms with Gasteiger partial charge in [-0.2, -0.15) is 13.2 Å². The molecule has 0 heterocycles. The Labute approximate surface area is 178 Å². The average Bonchev–Trinajstić information content (AvgIpc) is 2.68. The summed E-state index contributed by atoms with van der Waals surface area (Å²) in [6, 6.07) is 3.17. The third-order valence-corrected chi connectivity index (χ3v) is 4.52. The van der Waals surface area contributed by atoms with Gasteiger partial charge < -0.3 is 19.4 Å². The number of hydrogen-bond donors (Lipinski definition) is 1. The molecule has 0 amide bonds. The largest absolute Gasteiger partial charge is 0.484 e. The van der Waals surface area contributed by atoms with E-state index < -0.39 is 40.3 Å². The summed E-state index contributed by atoms with van der Waals surface area (Å²) >= 11 is 5.78. The van der Waals surface area contributed by atoms with Crippen LogP contribution in [0, 0.1) is 10.1 Å². The number of rotatable bonds is 9. The Morgan fingerprint density at radius 1 is 1.35 bits per heavy atom. The van der Waals surface area contributed by atoms with Gasteiger partial charge in [0.15, 0.2) is 4.87 Å². The van der Waals surface area contributed by atoms with Gasteiger partial charge in [-0.05, 0) is 18.2 Å². The minimum atomic E-state index is -4.85. The molecule has 1 N–H and O–H groups in total. The number of nitro groups is 1. The smallest absolute Gasteiger partial charge is 0.415 e. The van der Waals surface area contributed by atoms with E-state index in [1.165, 1.54) is 13.2 Å². The Hall–Kier alpha value is -3.12. The van der Waals surface area contributed by atoms with Crippen LogP contribution < -0.4 is 4.74 Å². The van der Waals surface area contributed by atoms with Gasteiger partial charge in [0.1, 0.15) is 17.6 Å². The van der Waals surface area contributed by atoms with Crippen LogP contribution in [0.1, 0.15) is 5.56 Å². The maximum Gasteiger partial charge on any atom is 0.415 e. The van der Waals surface area contributed by atoms with Crippen molar-refractivity contribution in [3.8, 4) is 5.75 Å². The fourth-order valence-corrected chi connectivity index (χ4v) is 2.75. The number of oxime groups is 1. The SMILES string of the molecule is COC/C(=N/OCC(=O)O)c1cc(OC2C=CC=CC2(Cl)C(F)(F)F)ccc1[N+](=O)[O-]. The topological polar surface area (TPSA) is 120 Å². The second-order valence-corrected chi connectivity index (χ2v) is 6.75. The number of aliphatic carboxylic acids is 1. The first-order valence-corrected chi connectivity index (χ1v) is 8.84. The quantitative estimate of drug-likeness (QED) is 0.257. The number of nitrogens with zero attached hydrogens (tertiary/aromatic N) is 2. The van der Waals surface area contributed by atoms with Gasteiger partial charge in [-0.25, -0.2) is 4.79 Å². The van der Waals surface area contributed by atoms with Crippen LogP contribution in [0.2, 0.25) is 0 Å². The zero-order valence-corrected chi connectivity index (χ0v) is 16.6. The van der Waals surface area contributed by atoms with Crippen molar-refractivity contribution >= 4 is 29.0 Å².